The summed E-state index contributed by atoms with van der Waals surface area (Å²) in [7, 11) is 0. The molecule has 1 aliphatic heterocycles. The molecule has 1 saturated heterocycles. The van der Waals surface area contributed by atoms with Crippen LogP contribution >= 0.6 is 0 Å². The lowest BCUT2D eigenvalue weighted by molar-refractivity contribution is -0.167. The number of halogens is 3. The molecule has 0 aliphatic carbocycles. The SMILES string of the molecule is CCCOCCC(=O)N(CC(F)(F)F)C1CCNCC1. The summed E-state index contributed by atoms with van der Waals surface area (Å²) in [4.78, 5) is 13.0. The van der Waals surface area contributed by atoms with Crippen LogP contribution < -0.4 is 5.32 Å². The number of hydrogen-bond acceptors (Lipinski definition) is 3. The Bertz CT molecular complexity index is 292. The Hall–Kier alpha value is -0.820. The highest BCUT2D eigenvalue weighted by Gasteiger charge is 2.36. The van der Waals surface area contributed by atoms with Crippen LogP contribution in [0.2, 0.25) is 0 Å². The Morgan fingerprint density at radius 3 is 2.50 bits per heavy atom. The maximum Gasteiger partial charge on any atom is 0.406 e. The van der Waals surface area contributed by atoms with Gasteiger partial charge in [-0.05, 0) is 32.4 Å². The summed E-state index contributed by atoms with van der Waals surface area (Å²) in [5.41, 5.74) is 0. The third-order valence-corrected chi connectivity index (χ3v) is 3.23. The Kier molecular flexibility index (Phi) is 7.29. The first kappa shape index (κ1) is 17.2. The van der Waals surface area contributed by atoms with Crippen molar-refractivity contribution >= 4 is 5.91 Å². The van der Waals surface area contributed by atoms with Crippen LogP contribution in [0.1, 0.15) is 32.6 Å². The Morgan fingerprint density at radius 2 is 1.95 bits per heavy atom. The van der Waals surface area contributed by atoms with Crippen LogP contribution in [-0.2, 0) is 9.53 Å². The van der Waals surface area contributed by atoms with Gasteiger partial charge < -0.3 is 15.0 Å². The van der Waals surface area contributed by atoms with Crippen molar-refractivity contribution in [3.63, 3.8) is 0 Å². The van der Waals surface area contributed by atoms with Crippen molar-refractivity contribution in [1.82, 2.24) is 10.2 Å². The van der Waals surface area contributed by atoms with E-state index in [2.05, 4.69) is 5.32 Å². The van der Waals surface area contributed by atoms with E-state index in [4.69, 9.17) is 4.74 Å². The van der Waals surface area contributed by atoms with Gasteiger partial charge in [-0.15, -0.1) is 0 Å². The van der Waals surface area contributed by atoms with Crippen molar-refractivity contribution in [2.24, 2.45) is 0 Å². The molecule has 0 saturated carbocycles. The molecule has 0 bridgehead atoms. The Balaban J connectivity index is 2.53. The molecule has 20 heavy (non-hydrogen) atoms. The van der Waals surface area contributed by atoms with E-state index in [0.717, 1.165) is 11.3 Å². The van der Waals surface area contributed by atoms with Gasteiger partial charge in [-0.2, -0.15) is 13.2 Å². The van der Waals surface area contributed by atoms with Crippen LogP contribution in [0, 0.1) is 0 Å². The van der Waals surface area contributed by atoms with E-state index in [1.165, 1.54) is 0 Å². The van der Waals surface area contributed by atoms with Crippen LogP contribution in [0.25, 0.3) is 0 Å². The van der Waals surface area contributed by atoms with Gasteiger partial charge in [0.15, 0.2) is 0 Å². The number of hydrogen-bond donors (Lipinski definition) is 1. The summed E-state index contributed by atoms with van der Waals surface area (Å²) in [5, 5.41) is 3.09. The van der Waals surface area contributed by atoms with E-state index in [1.807, 2.05) is 6.92 Å². The van der Waals surface area contributed by atoms with E-state index in [9.17, 15) is 18.0 Å². The Morgan fingerprint density at radius 1 is 1.30 bits per heavy atom. The second kappa shape index (κ2) is 8.46. The molecule has 1 heterocycles. The summed E-state index contributed by atoms with van der Waals surface area (Å²) in [6, 6.07) is -0.323. The van der Waals surface area contributed by atoms with Gasteiger partial charge in [0.05, 0.1) is 13.0 Å². The van der Waals surface area contributed by atoms with Crippen LogP contribution in [0.5, 0.6) is 0 Å². The van der Waals surface area contributed by atoms with E-state index >= 15 is 0 Å². The number of ether oxygens (including phenoxy) is 1. The van der Waals surface area contributed by atoms with Crippen molar-refractivity contribution in [3.8, 4) is 0 Å². The molecule has 7 heteroatoms. The van der Waals surface area contributed by atoms with Crippen molar-refractivity contribution in [2.75, 3.05) is 32.8 Å². The first-order chi connectivity index (χ1) is 9.44. The molecule has 1 aliphatic rings. The quantitative estimate of drug-likeness (QED) is 0.730. The maximum atomic E-state index is 12.6. The van der Waals surface area contributed by atoms with Gasteiger partial charge in [-0.25, -0.2) is 0 Å². The predicted octanol–water partition coefficient (Wildman–Crippen LogP) is 1.95. The van der Waals surface area contributed by atoms with Crippen LogP contribution in [0.3, 0.4) is 0 Å². The third-order valence-electron chi connectivity index (χ3n) is 3.23. The smallest absolute Gasteiger partial charge is 0.381 e. The average molecular weight is 296 g/mol. The van der Waals surface area contributed by atoms with Gasteiger partial charge in [-0.3, -0.25) is 4.79 Å². The lowest BCUT2D eigenvalue weighted by Gasteiger charge is -2.35. The summed E-state index contributed by atoms with van der Waals surface area (Å²) in [5.74, 6) is -0.467. The van der Waals surface area contributed by atoms with Crippen LogP contribution in [0.15, 0.2) is 0 Å². The van der Waals surface area contributed by atoms with Gasteiger partial charge >= 0.3 is 6.18 Å². The van der Waals surface area contributed by atoms with Crippen molar-refractivity contribution in [1.29, 1.82) is 0 Å². The zero-order valence-electron chi connectivity index (χ0n) is 11.8. The number of carbonyl (C=O) groups is 1. The topological polar surface area (TPSA) is 41.6 Å². The maximum absolute atomic E-state index is 12.6. The van der Waals surface area contributed by atoms with Gasteiger partial charge in [0, 0.05) is 12.6 Å². The molecule has 0 aromatic heterocycles. The first-order valence-electron chi connectivity index (χ1n) is 7.08. The summed E-state index contributed by atoms with van der Waals surface area (Å²) in [6.45, 7) is 2.79. The lowest BCUT2D eigenvalue weighted by atomic mass is 10.0. The van der Waals surface area contributed by atoms with Gasteiger partial charge in [0.2, 0.25) is 5.91 Å². The van der Waals surface area contributed by atoms with Crippen LogP contribution in [0.4, 0.5) is 13.2 Å². The molecule has 0 aromatic carbocycles. The number of rotatable bonds is 7. The summed E-state index contributed by atoms with van der Waals surface area (Å²) < 4.78 is 43.0. The second-order valence-corrected chi connectivity index (χ2v) is 4.98. The molecule has 0 radical (unpaired) electrons. The minimum Gasteiger partial charge on any atom is -0.381 e. The molecule has 0 atom stereocenters. The number of alkyl halides is 3. The van der Waals surface area contributed by atoms with Crippen molar-refractivity contribution in [3.05, 3.63) is 0 Å². The fourth-order valence-corrected chi connectivity index (χ4v) is 2.28. The van der Waals surface area contributed by atoms with E-state index in [1.54, 1.807) is 0 Å². The third kappa shape index (κ3) is 6.56. The number of amides is 1. The number of carbonyl (C=O) groups excluding carboxylic acids is 1. The fourth-order valence-electron chi connectivity index (χ4n) is 2.28. The molecule has 0 aromatic rings. The molecular formula is C13H23F3N2O2. The normalized spacial score (nSPS) is 17.2. The number of nitrogens with one attached hydrogen (secondary N) is 1. The van der Waals surface area contributed by atoms with Gasteiger partial charge in [0.1, 0.15) is 6.54 Å². The summed E-state index contributed by atoms with van der Waals surface area (Å²) in [6.07, 6.45) is -2.38. The molecule has 1 rings (SSSR count). The summed E-state index contributed by atoms with van der Waals surface area (Å²) >= 11 is 0. The van der Waals surface area contributed by atoms with Crippen molar-refractivity contribution < 1.29 is 22.7 Å². The number of piperidine rings is 1. The molecule has 0 unspecified atom stereocenters. The Labute approximate surface area is 117 Å². The molecule has 4 nitrogen and oxygen atoms in total. The standard InChI is InChI=1S/C13H23F3N2O2/c1-2-8-20-9-5-12(19)18(10-13(14,15)16)11-3-6-17-7-4-11/h11,17H,2-10H2,1H3. The molecule has 1 amide bonds. The highest BCUT2D eigenvalue weighted by molar-refractivity contribution is 5.76. The average Bonchev–Trinajstić information content (AvgIpc) is 2.41. The molecule has 0 spiro atoms. The molecular weight excluding hydrogens is 273 g/mol. The van der Waals surface area contributed by atoms with Gasteiger partial charge in [-0.1, -0.05) is 6.92 Å². The predicted molar refractivity (Wildman–Crippen MR) is 69.4 cm³/mol. The van der Waals surface area contributed by atoms with Crippen molar-refractivity contribution in [2.45, 2.75) is 44.8 Å². The minimum atomic E-state index is -4.36. The van der Waals surface area contributed by atoms with Crippen LogP contribution in [-0.4, -0.2) is 55.9 Å². The zero-order valence-corrected chi connectivity index (χ0v) is 11.8. The van der Waals surface area contributed by atoms with Gasteiger partial charge in [0.25, 0.3) is 0 Å². The van der Waals surface area contributed by atoms with E-state index in [-0.39, 0.29) is 19.1 Å². The van der Waals surface area contributed by atoms with E-state index < -0.39 is 18.6 Å². The first-order valence-corrected chi connectivity index (χ1v) is 7.08. The fraction of sp³-hybridized carbons (Fsp3) is 0.923. The van der Waals surface area contributed by atoms with E-state index in [0.29, 0.717) is 32.5 Å². The molecule has 1 fully saturated rings. The largest absolute Gasteiger partial charge is 0.406 e. The minimum absolute atomic E-state index is 0.0139. The molecule has 1 N–H and O–H groups in total. The number of nitrogens with zero attached hydrogens (tertiary/aromatic N) is 1. The highest BCUT2D eigenvalue weighted by Crippen LogP contribution is 2.22. The lowest BCUT2D eigenvalue weighted by Crippen LogP contribution is -2.49. The zero-order chi connectivity index (χ0) is 15.0. The molecule has 118 valence electrons. The second-order valence-electron chi connectivity index (χ2n) is 4.98. The monoisotopic (exact) mass is 296 g/mol. The highest BCUT2D eigenvalue weighted by atomic mass is 19.4.